The van der Waals surface area contributed by atoms with Gasteiger partial charge in [-0.15, -0.1) is 10.2 Å². The lowest BCUT2D eigenvalue weighted by Crippen LogP contribution is -2.29. The second kappa shape index (κ2) is 9.59. The van der Waals surface area contributed by atoms with Gasteiger partial charge in [-0.2, -0.15) is 13.2 Å². The quantitative estimate of drug-likeness (QED) is 0.295. The molecular weight excluding hydrogens is 479 g/mol. The monoisotopic (exact) mass is 509 g/mol. The summed E-state index contributed by atoms with van der Waals surface area (Å²) in [6.07, 6.45) is 3.90. The zero-order chi connectivity index (χ0) is 25.6. The number of fused-ring (bicyclic) bond motifs is 1. The molecule has 6 rings (SSSR count). The number of halogens is 3. The summed E-state index contributed by atoms with van der Waals surface area (Å²) in [7, 11) is 1.94. The maximum absolute atomic E-state index is 14.1. The molecule has 0 unspecified atom stereocenters. The van der Waals surface area contributed by atoms with Gasteiger partial charge in [0.25, 0.3) is 0 Å². The summed E-state index contributed by atoms with van der Waals surface area (Å²) in [5, 5.41) is 8.45. The van der Waals surface area contributed by atoms with Crippen LogP contribution in [0.3, 0.4) is 0 Å². The van der Waals surface area contributed by atoms with Crippen molar-refractivity contribution in [3.63, 3.8) is 0 Å². The van der Waals surface area contributed by atoms with Crippen LogP contribution >= 0.6 is 0 Å². The third-order valence-corrected chi connectivity index (χ3v) is 7.85. The zero-order valence-corrected chi connectivity index (χ0v) is 20.8. The van der Waals surface area contributed by atoms with Crippen molar-refractivity contribution >= 4 is 11.1 Å². The first-order valence-electron chi connectivity index (χ1n) is 13.0. The number of alkyl halides is 3. The number of likely N-dealkylation sites (tertiary alicyclic amines) is 1. The van der Waals surface area contributed by atoms with E-state index in [2.05, 4.69) is 20.1 Å². The molecule has 0 bridgehead atoms. The number of hydrogen-bond acceptors (Lipinski definition) is 5. The van der Waals surface area contributed by atoms with E-state index < -0.39 is 11.7 Å². The number of aryl methyl sites for hydroxylation is 1. The van der Waals surface area contributed by atoms with E-state index in [-0.39, 0.29) is 22.9 Å². The van der Waals surface area contributed by atoms with Crippen LogP contribution in [0.25, 0.3) is 22.6 Å². The Bertz CT molecular complexity index is 1400. The van der Waals surface area contributed by atoms with Gasteiger partial charge in [0.1, 0.15) is 23.2 Å². The lowest BCUT2D eigenvalue weighted by Gasteiger charge is -2.33. The van der Waals surface area contributed by atoms with Gasteiger partial charge in [0.05, 0.1) is 0 Å². The molecule has 4 aromatic rings. The van der Waals surface area contributed by atoms with Crippen LogP contribution in [-0.2, 0) is 19.8 Å². The van der Waals surface area contributed by atoms with Gasteiger partial charge in [-0.25, -0.2) is 4.98 Å². The Labute approximate surface area is 213 Å². The molecule has 194 valence electrons. The van der Waals surface area contributed by atoms with Crippen molar-refractivity contribution < 1.29 is 17.6 Å². The molecule has 1 aliphatic carbocycles. The fourth-order valence-electron chi connectivity index (χ4n) is 5.74. The highest BCUT2D eigenvalue weighted by molar-refractivity contribution is 5.81. The number of nitrogens with zero attached hydrogens (tertiary/aromatic N) is 5. The van der Waals surface area contributed by atoms with E-state index in [0.717, 1.165) is 50.2 Å². The van der Waals surface area contributed by atoms with Crippen molar-refractivity contribution in [2.24, 2.45) is 13.0 Å². The highest BCUT2D eigenvalue weighted by atomic mass is 19.4. The van der Waals surface area contributed by atoms with E-state index >= 15 is 0 Å². The molecule has 0 N–H and O–H groups in total. The molecule has 1 aliphatic heterocycles. The van der Waals surface area contributed by atoms with Crippen molar-refractivity contribution in [2.75, 3.05) is 13.1 Å². The van der Waals surface area contributed by atoms with Gasteiger partial charge in [0.2, 0.25) is 5.89 Å². The third-order valence-electron chi connectivity index (χ3n) is 7.85. The van der Waals surface area contributed by atoms with Gasteiger partial charge >= 0.3 is 6.18 Å². The van der Waals surface area contributed by atoms with Crippen molar-refractivity contribution in [3.8, 4) is 11.5 Å². The third kappa shape index (κ3) is 4.77. The molecule has 1 saturated carbocycles. The summed E-state index contributed by atoms with van der Waals surface area (Å²) in [6, 6.07) is 10.7. The summed E-state index contributed by atoms with van der Waals surface area (Å²) < 4.78 is 50.0. The highest BCUT2D eigenvalue weighted by Gasteiger charge is 2.36. The van der Waals surface area contributed by atoms with Crippen LogP contribution in [0.2, 0.25) is 0 Å². The number of hydrogen-bond donors (Lipinski definition) is 0. The maximum atomic E-state index is 14.1. The van der Waals surface area contributed by atoms with Crippen LogP contribution in [-0.4, -0.2) is 37.7 Å². The smallest absolute Gasteiger partial charge is 0.420 e. The van der Waals surface area contributed by atoms with Gasteiger partial charge in [0.15, 0.2) is 5.58 Å². The first-order valence-corrected chi connectivity index (χ1v) is 13.0. The predicted molar refractivity (Wildman–Crippen MR) is 134 cm³/mol. The first-order chi connectivity index (χ1) is 17.9. The second-order valence-electron chi connectivity index (χ2n) is 10.4. The van der Waals surface area contributed by atoms with Gasteiger partial charge in [-0.3, -0.25) is 4.90 Å². The van der Waals surface area contributed by atoms with Crippen molar-refractivity contribution in [1.82, 2.24) is 24.6 Å². The van der Waals surface area contributed by atoms with E-state index in [1.807, 2.05) is 35.9 Å². The number of oxazole rings is 1. The fraction of sp³-hybridized carbons (Fsp3) is 0.464. The topological polar surface area (TPSA) is 60.0 Å². The summed E-state index contributed by atoms with van der Waals surface area (Å²) in [5.74, 6) is 1.60. The van der Waals surface area contributed by atoms with Crippen LogP contribution in [0.15, 0.2) is 47.1 Å². The minimum Gasteiger partial charge on any atom is -0.435 e. The van der Waals surface area contributed by atoms with Crippen LogP contribution < -0.4 is 0 Å². The average Bonchev–Trinajstić information content (AvgIpc) is 3.47. The molecule has 2 aromatic carbocycles. The molecule has 3 heterocycles. The van der Waals surface area contributed by atoms with E-state index in [9.17, 15) is 13.2 Å². The van der Waals surface area contributed by atoms with Crippen LogP contribution in [0, 0.1) is 5.92 Å². The molecule has 0 radical (unpaired) electrons. The molecule has 2 fully saturated rings. The minimum absolute atomic E-state index is 0.0625. The van der Waals surface area contributed by atoms with Gasteiger partial charge in [0, 0.05) is 25.1 Å². The number of piperidine rings is 1. The maximum Gasteiger partial charge on any atom is 0.420 e. The summed E-state index contributed by atoms with van der Waals surface area (Å²) >= 11 is 0. The van der Waals surface area contributed by atoms with Crippen LogP contribution in [0.5, 0.6) is 0 Å². The van der Waals surface area contributed by atoms with Crippen molar-refractivity contribution in [1.29, 1.82) is 0 Å². The Balaban J connectivity index is 1.39. The van der Waals surface area contributed by atoms with Gasteiger partial charge < -0.3 is 8.98 Å². The van der Waals surface area contributed by atoms with Gasteiger partial charge in [-0.1, -0.05) is 25.0 Å². The molecule has 1 atom stereocenters. The van der Waals surface area contributed by atoms with E-state index in [0.29, 0.717) is 23.6 Å². The standard InChI is InChI=1S/C28H30F3N5O/c1-35-17-32-34-26(35)24(19-7-5-8-19)20-9-6-10-21(15-20)27-33-23-14-18(16-36-11-3-2-4-12-36)13-22(25(23)37-27)28(29,30)31/h6,9-10,13-15,17,19,24H,2-5,7-8,11-12,16H2,1H3/t24-/m0/s1. The Hall–Kier alpha value is -3.20. The zero-order valence-electron chi connectivity index (χ0n) is 20.8. The van der Waals surface area contributed by atoms with E-state index in [1.165, 1.54) is 18.9 Å². The SMILES string of the molecule is Cn1cnnc1[C@H](c1cccc(-c2nc3cc(CN4CCCCC4)cc(C(F)(F)F)c3o2)c1)C1CCC1. The fourth-order valence-corrected chi connectivity index (χ4v) is 5.74. The molecule has 0 spiro atoms. The molecule has 37 heavy (non-hydrogen) atoms. The molecule has 0 amide bonds. The lowest BCUT2D eigenvalue weighted by atomic mass is 9.72. The van der Waals surface area contributed by atoms with Crippen molar-refractivity contribution in [2.45, 2.75) is 57.2 Å². The lowest BCUT2D eigenvalue weighted by molar-refractivity contribution is -0.136. The Morgan fingerprint density at radius 2 is 1.86 bits per heavy atom. The van der Waals surface area contributed by atoms with Crippen LogP contribution in [0.1, 0.15) is 67.0 Å². The highest BCUT2D eigenvalue weighted by Crippen LogP contribution is 2.44. The predicted octanol–water partition coefficient (Wildman–Crippen LogP) is 6.56. The number of benzene rings is 2. The second-order valence-corrected chi connectivity index (χ2v) is 10.4. The molecular formula is C28H30F3N5O. The largest absolute Gasteiger partial charge is 0.435 e. The molecule has 9 heteroatoms. The number of rotatable bonds is 6. The molecule has 2 aromatic heterocycles. The summed E-state index contributed by atoms with van der Waals surface area (Å²) in [5.41, 5.74) is 1.58. The molecule has 2 aliphatic rings. The van der Waals surface area contributed by atoms with Crippen molar-refractivity contribution in [3.05, 3.63) is 65.2 Å². The van der Waals surface area contributed by atoms with E-state index in [1.54, 1.807) is 12.4 Å². The Morgan fingerprint density at radius 3 is 2.54 bits per heavy atom. The summed E-state index contributed by atoms with van der Waals surface area (Å²) in [4.78, 5) is 6.76. The molecule has 1 saturated heterocycles. The Kier molecular flexibility index (Phi) is 6.26. The van der Waals surface area contributed by atoms with Crippen LogP contribution in [0.4, 0.5) is 13.2 Å². The molecule has 6 nitrogen and oxygen atoms in total. The average molecular weight is 510 g/mol. The Morgan fingerprint density at radius 1 is 1.05 bits per heavy atom. The minimum atomic E-state index is -4.53. The normalized spacial score (nSPS) is 18.3. The van der Waals surface area contributed by atoms with E-state index in [4.69, 9.17) is 4.42 Å². The number of aromatic nitrogens is 4. The summed E-state index contributed by atoms with van der Waals surface area (Å²) in [6.45, 7) is 2.30. The van der Waals surface area contributed by atoms with Gasteiger partial charge in [-0.05, 0) is 80.1 Å². The first kappa shape index (κ1) is 24.2.